The number of thiophene rings is 1. The minimum absolute atomic E-state index is 0.00509. The van der Waals surface area contributed by atoms with E-state index in [4.69, 9.17) is 16.3 Å². The number of nitrogens with zero attached hydrogens (tertiary/aromatic N) is 1. The van der Waals surface area contributed by atoms with Gasteiger partial charge in [0.05, 0.1) is 17.4 Å². The second-order valence-electron chi connectivity index (χ2n) is 4.46. The summed E-state index contributed by atoms with van der Waals surface area (Å²) in [5.74, 6) is 0.337. The average Bonchev–Trinajstić information content (AvgIpc) is 2.93. The molecule has 1 heterocycles. The highest BCUT2D eigenvalue weighted by atomic mass is 35.5. The summed E-state index contributed by atoms with van der Waals surface area (Å²) in [5, 5.41) is 1.66. The van der Waals surface area contributed by atoms with Crippen LogP contribution in [0.2, 0.25) is 0 Å². The normalized spacial score (nSPS) is 12.5. The van der Waals surface area contributed by atoms with Gasteiger partial charge >= 0.3 is 0 Å². The summed E-state index contributed by atoms with van der Waals surface area (Å²) in [5.41, 5.74) is 0. The van der Waals surface area contributed by atoms with Crippen molar-refractivity contribution in [3.05, 3.63) is 16.3 Å². The number of hydrogen-bond donors (Lipinski definition) is 0. The highest BCUT2D eigenvalue weighted by Crippen LogP contribution is 2.26. The van der Waals surface area contributed by atoms with Crippen molar-refractivity contribution in [2.45, 2.75) is 43.5 Å². The van der Waals surface area contributed by atoms with Crippen molar-refractivity contribution in [1.82, 2.24) is 4.31 Å². The minimum Gasteiger partial charge on any atom is -0.383 e. The van der Waals surface area contributed by atoms with Crippen molar-refractivity contribution < 1.29 is 13.2 Å². The van der Waals surface area contributed by atoms with Crippen molar-refractivity contribution in [2.24, 2.45) is 0 Å². The third kappa shape index (κ3) is 4.18. The van der Waals surface area contributed by atoms with Gasteiger partial charge in [-0.15, -0.1) is 22.9 Å². The van der Waals surface area contributed by atoms with Gasteiger partial charge in [-0.3, -0.25) is 0 Å². The molecule has 116 valence electrons. The Morgan fingerprint density at radius 3 is 2.50 bits per heavy atom. The molecule has 20 heavy (non-hydrogen) atoms. The fourth-order valence-electron chi connectivity index (χ4n) is 2.08. The van der Waals surface area contributed by atoms with E-state index in [1.807, 2.05) is 13.8 Å². The van der Waals surface area contributed by atoms with Crippen LogP contribution in [-0.2, 0) is 20.6 Å². The predicted molar refractivity (Wildman–Crippen MR) is 84.0 cm³/mol. The van der Waals surface area contributed by atoms with Crippen molar-refractivity contribution in [1.29, 1.82) is 0 Å². The van der Waals surface area contributed by atoms with E-state index >= 15 is 0 Å². The third-order valence-electron chi connectivity index (χ3n) is 3.23. The van der Waals surface area contributed by atoms with Crippen LogP contribution in [0, 0.1) is 0 Å². The molecule has 0 bridgehead atoms. The van der Waals surface area contributed by atoms with E-state index in [-0.39, 0.29) is 6.04 Å². The molecule has 0 fully saturated rings. The Morgan fingerprint density at radius 2 is 2.05 bits per heavy atom. The molecule has 0 aliphatic rings. The lowest BCUT2D eigenvalue weighted by Gasteiger charge is -2.29. The van der Waals surface area contributed by atoms with E-state index in [2.05, 4.69) is 0 Å². The number of sulfonamides is 1. The zero-order chi connectivity index (χ0) is 15.2. The molecule has 0 atom stereocenters. The SMILES string of the molecule is CCC(CC)N(CCOC)S(=O)(=O)c1csc(CCl)c1. The van der Waals surface area contributed by atoms with Gasteiger partial charge in [-0.05, 0) is 18.9 Å². The van der Waals surface area contributed by atoms with Crippen LogP contribution in [0.3, 0.4) is 0 Å². The zero-order valence-corrected chi connectivity index (χ0v) is 14.5. The highest BCUT2D eigenvalue weighted by Gasteiger charge is 2.30. The standard InChI is InChI=1S/C13H22ClNO3S2/c1-4-11(5-2)15(6-7-18-3)20(16,17)13-8-12(9-14)19-10-13/h8,10-11H,4-7,9H2,1-3H3. The summed E-state index contributed by atoms with van der Waals surface area (Å²) in [6, 6.07) is 1.66. The lowest BCUT2D eigenvalue weighted by molar-refractivity contribution is 0.163. The molecule has 0 amide bonds. The molecule has 0 unspecified atom stereocenters. The maximum Gasteiger partial charge on any atom is 0.244 e. The van der Waals surface area contributed by atoms with Gasteiger partial charge in [-0.2, -0.15) is 4.31 Å². The van der Waals surface area contributed by atoms with E-state index in [0.717, 1.165) is 17.7 Å². The molecule has 1 rings (SSSR count). The highest BCUT2D eigenvalue weighted by molar-refractivity contribution is 7.89. The van der Waals surface area contributed by atoms with Crippen LogP contribution in [0.1, 0.15) is 31.6 Å². The first-order valence-electron chi connectivity index (χ1n) is 6.65. The maximum atomic E-state index is 12.8. The van der Waals surface area contributed by atoms with Crippen molar-refractivity contribution in [2.75, 3.05) is 20.3 Å². The van der Waals surface area contributed by atoms with Crippen LogP contribution in [-0.4, -0.2) is 39.0 Å². The third-order valence-corrected chi connectivity index (χ3v) is 6.70. The number of methoxy groups -OCH3 is 1. The summed E-state index contributed by atoms with van der Waals surface area (Å²) in [4.78, 5) is 1.20. The van der Waals surface area contributed by atoms with Crippen LogP contribution < -0.4 is 0 Å². The molecule has 0 aliphatic carbocycles. The minimum atomic E-state index is -3.48. The number of ether oxygens (including phenoxy) is 1. The van der Waals surface area contributed by atoms with Gasteiger partial charge in [0.1, 0.15) is 0 Å². The molecule has 1 aromatic rings. The Bertz CT molecular complexity index is 497. The quantitative estimate of drug-likeness (QED) is 0.648. The van der Waals surface area contributed by atoms with Gasteiger partial charge in [-0.1, -0.05) is 13.8 Å². The van der Waals surface area contributed by atoms with E-state index in [0.29, 0.717) is 23.9 Å². The predicted octanol–water partition coefficient (Wildman–Crippen LogP) is 3.31. The molecule has 4 nitrogen and oxygen atoms in total. The van der Waals surface area contributed by atoms with Gasteiger partial charge in [-0.25, -0.2) is 8.42 Å². The summed E-state index contributed by atoms with van der Waals surface area (Å²) in [6.07, 6.45) is 1.57. The molecule has 7 heteroatoms. The van der Waals surface area contributed by atoms with Crippen molar-refractivity contribution in [3.8, 4) is 0 Å². The molecule has 0 aromatic carbocycles. The Labute approximate surface area is 130 Å². The van der Waals surface area contributed by atoms with E-state index in [1.54, 1.807) is 22.9 Å². The van der Waals surface area contributed by atoms with Gasteiger partial charge < -0.3 is 4.74 Å². The molecule has 0 saturated heterocycles. The molecule has 0 radical (unpaired) electrons. The van der Waals surface area contributed by atoms with Crippen molar-refractivity contribution >= 4 is 33.0 Å². The first-order chi connectivity index (χ1) is 9.51. The lowest BCUT2D eigenvalue weighted by atomic mass is 10.2. The maximum absolute atomic E-state index is 12.8. The summed E-state index contributed by atoms with van der Waals surface area (Å²) in [6.45, 7) is 4.77. The molecule has 0 N–H and O–H groups in total. The molecular weight excluding hydrogens is 318 g/mol. The summed E-state index contributed by atoms with van der Waals surface area (Å²) in [7, 11) is -1.90. The fourth-order valence-corrected chi connectivity index (χ4v) is 5.21. The second kappa shape index (κ2) is 8.34. The molecule has 0 aliphatic heterocycles. The van der Waals surface area contributed by atoms with Crippen LogP contribution in [0.4, 0.5) is 0 Å². The van der Waals surface area contributed by atoms with Crippen LogP contribution in [0.5, 0.6) is 0 Å². The average molecular weight is 340 g/mol. The largest absolute Gasteiger partial charge is 0.383 e. The van der Waals surface area contributed by atoms with E-state index < -0.39 is 10.0 Å². The van der Waals surface area contributed by atoms with Gasteiger partial charge in [0.2, 0.25) is 10.0 Å². The molecule has 0 spiro atoms. The number of halogens is 1. The Hall–Kier alpha value is -0.140. The Morgan fingerprint density at radius 1 is 1.40 bits per heavy atom. The topological polar surface area (TPSA) is 46.6 Å². The van der Waals surface area contributed by atoms with Crippen LogP contribution >= 0.6 is 22.9 Å². The Kier molecular flexibility index (Phi) is 7.47. The van der Waals surface area contributed by atoms with Gasteiger partial charge in [0.25, 0.3) is 0 Å². The molecule has 1 aromatic heterocycles. The lowest BCUT2D eigenvalue weighted by Crippen LogP contribution is -2.41. The summed E-state index contributed by atoms with van der Waals surface area (Å²) < 4.78 is 32.1. The molecule has 0 saturated carbocycles. The van der Waals surface area contributed by atoms with Crippen LogP contribution in [0.15, 0.2) is 16.3 Å². The van der Waals surface area contributed by atoms with Gasteiger partial charge in [0, 0.05) is 30.0 Å². The van der Waals surface area contributed by atoms with Crippen LogP contribution in [0.25, 0.3) is 0 Å². The fraction of sp³-hybridized carbons (Fsp3) is 0.692. The first kappa shape index (κ1) is 17.9. The number of alkyl halides is 1. The smallest absolute Gasteiger partial charge is 0.244 e. The first-order valence-corrected chi connectivity index (χ1v) is 9.50. The monoisotopic (exact) mass is 339 g/mol. The van der Waals surface area contributed by atoms with E-state index in [1.165, 1.54) is 11.3 Å². The summed E-state index contributed by atoms with van der Waals surface area (Å²) >= 11 is 7.13. The zero-order valence-electron chi connectivity index (χ0n) is 12.1. The van der Waals surface area contributed by atoms with Gasteiger partial charge in [0.15, 0.2) is 0 Å². The molecular formula is C13H22ClNO3S2. The Balaban J connectivity index is 3.08. The van der Waals surface area contributed by atoms with Crippen molar-refractivity contribution in [3.63, 3.8) is 0 Å². The number of hydrogen-bond acceptors (Lipinski definition) is 4. The second-order valence-corrected chi connectivity index (χ2v) is 7.61. The number of rotatable bonds is 9. The van der Waals surface area contributed by atoms with E-state index in [9.17, 15) is 8.42 Å².